The fraction of sp³-hybridized carbons (Fsp3) is 0.125. The van der Waals surface area contributed by atoms with Gasteiger partial charge in [0, 0.05) is 30.4 Å². The second kappa shape index (κ2) is 7.35. The van der Waals surface area contributed by atoms with Crippen molar-refractivity contribution in [2.75, 3.05) is 17.2 Å². The molecule has 0 aromatic heterocycles. The number of rotatable bonds is 5. The standard InChI is InChI=1S/C16H14F2N2O3/c1-10(21)19-11-3-2-4-13(7-11)23-9-16(22)20-12-5-6-14(17)15(18)8-12/h2-8H,9H2,1H3,(H,19,21)(H,20,22). The molecule has 0 saturated heterocycles. The Balaban J connectivity index is 1.91. The molecule has 7 heteroatoms. The van der Waals surface area contributed by atoms with Crippen molar-refractivity contribution < 1.29 is 23.1 Å². The average molecular weight is 320 g/mol. The van der Waals surface area contributed by atoms with Gasteiger partial charge in [-0.25, -0.2) is 8.78 Å². The number of hydrogen-bond donors (Lipinski definition) is 2. The van der Waals surface area contributed by atoms with Gasteiger partial charge in [0.15, 0.2) is 18.2 Å². The van der Waals surface area contributed by atoms with Gasteiger partial charge in [0.1, 0.15) is 5.75 Å². The molecular formula is C16H14F2N2O3. The van der Waals surface area contributed by atoms with E-state index in [1.807, 2.05) is 0 Å². The predicted molar refractivity (Wildman–Crippen MR) is 81.2 cm³/mol. The van der Waals surface area contributed by atoms with Crippen molar-refractivity contribution in [2.24, 2.45) is 0 Å². The number of halogens is 2. The fourth-order valence-corrected chi connectivity index (χ4v) is 1.79. The van der Waals surface area contributed by atoms with E-state index in [2.05, 4.69) is 10.6 Å². The number of ether oxygens (including phenoxy) is 1. The van der Waals surface area contributed by atoms with E-state index in [0.717, 1.165) is 12.1 Å². The third kappa shape index (κ3) is 5.06. The van der Waals surface area contributed by atoms with Gasteiger partial charge in [-0.3, -0.25) is 9.59 Å². The molecule has 0 aliphatic carbocycles. The maximum atomic E-state index is 13.0. The summed E-state index contributed by atoms with van der Waals surface area (Å²) in [4.78, 5) is 22.7. The monoisotopic (exact) mass is 320 g/mol. The van der Waals surface area contributed by atoms with Crippen molar-refractivity contribution in [2.45, 2.75) is 6.92 Å². The Bertz CT molecular complexity index is 735. The Hall–Kier alpha value is -2.96. The Morgan fingerprint density at radius 3 is 2.43 bits per heavy atom. The summed E-state index contributed by atoms with van der Waals surface area (Å²) in [5.41, 5.74) is 0.667. The molecule has 0 fully saturated rings. The highest BCUT2D eigenvalue weighted by Crippen LogP contribution is 2.17. The van der Waals surface area contributed by atoms with Crippen molar-refractivity contribution >= 4 is 23.2 Å². The molecule has 0 radical (unpaired) electrons. The molecule has 2 aromatic carbocycles. The summed E-state index contributed by atoms with van der Waals surface area (Å²) < 4.78 is 31.1. The number of benzene rings is 2. The average Bonchev–Trinajstić information content (AvgIpc) is 2.49. The molecule has 0 unspecified atom stereocenters. The highest BCUT2D eigenvalue weighted by atomic mass is 19.2. The first-order chi connectivity index (χ1) is 10.9. The van der Waals surface area contributed by atoms with Crippen molar-refractivity contribution in [3.05, 3.63) is 54.1 Å². The lowest BCUT2D eigenvalue weighted by molar-refractivity contribution is -0.118. The van der Waals surface area contributed by atoms with Gasteiger partial charge in [-0.05, 0) is 24.3 Å². The van der Waals surface area contributed by atoms with E-state index < -0.39 is 17.5 Å². The normalized spacial score (nSPS) is 10.0. The van der Waals surface area contributed by atoms with Crippen LogP contribution in [-0.2, 0) is 9.59 Å². The quantitative estimate of drug-likeness (QED) is 0.890. The zero-order valence-corrected chi connectivity index (χ0v) is 12.2. The van der Waals surface area contributed by atoms with E-state index in [9.17, 15) is 18.4 Å². The topological polar surface area (TPSA) is 67.4 Å². The maximum Gasteiger partial charge on any atom is 0.262 e. The first-order valence-corrected chi connectivity index (χ1v) is 6.69. The molecule has 0 bridgehead atoms. The largest absolute Gasteiger partial charge is 0.484 e. The van der Waals surface area contributed by atoms with Crippen molar-refractivity contribution in [1.82, 2.24) is 0 Å². The van der Waals surface area contributed by atoms with Crippen LogP contribution in [0.25, 0.3) is 0 Å². The molecule has 23 heavy (non-hydrogen) atoms. The van der Waals surface area contributed by atoms with Crippen LogP contribution in [0.1, 0.15) is 6.92 Å². The number of carbonyl (C=O) groups is 2. The summed E-state index contributed by atoms with van der Waals surface area (Å²) >= 11 is 0. The number of nitrogens with one attached hydrogen (secondary N) is 2. The summed E-state index contributed by atoms with van der Waals surface area (Å²) in [5.74, 6) is -2.41. The minimum Gasteiger partial charge on any atom is -0.484 e. The van der Waals surface area contributed by atoms with E-state index in [1.165, 1.54) is 13.0 Å². The summed E-state index contributed by atoms with van der Waals surface area (Å²) in [5, 5.41) is 4.97. The first-order valence-electron chi connectivity index (χ1n) is 6.69. The molecule has 0 aliphatic rings. The van der Waals surface area contributed by atoms with Gasteiger partial charge in [0.2, 0.25) is 5.91 Å². The van der Waals surface area contributed by atoms with Crippen LogP contribution in [0.5, 0.6) is 5.75 Å². The second-order valence-corrected chi connectivity index (χ2v) is 4.67. The fourth-order valence-electron chi connectivity index (χ4n) is 1.79. The van der Waals surface area contributed by atoms with E-state index in [0.29, 0.717) is 11.4 Å². The molecule has 0 saturated carbocycles. The number of hydrogen-bond acceptors (Lipinski definition) is 3. The SMILES string of the molecule is CC(=O)Nc1cccc(OCC(=O)Nc2ccc(F)c(F)c2)c1. The van der Waals surface area contributed by atoms with E-state index in [4.69, 9.17) is 4.74 Å². The third-order valence-corrected chi connectivity index (χ3v) is 2.73. The van der Waals surface area contributed by atoms with E-state index in [1.54, 1.807) is 24.3 Å². The van der Waals surface area contributed by atoms with Crippen LogP contribution in [0.4, 0.5) is 20.2 Å². The molecule has 0 aliphatic heterocycles. The number of amides is 2. The van der Waals surface area contributed by atoms with Crippen LogP contribution in [0, 0.1) is 11.6 Å². The smallest absolute Gasteiger partial charge is 0.262 e. The molecular weight excluding hydrogens is 306 g/mol. The molecule has 0 atom stereocenters. The van der Waals surface area contributed by atoms with Crippen molar-refractivity contribution in [3.8, 4) is 5.75 Å². The molecule has 0 heterocycles. The van der Waals surface area contributed by atoms with Gasteiger partial charge in [-0.15, -0.1) is 0 Å². The Labute approximate surface area is 131 Å². The van der Waals surface area contributed by atoms with Crippen LogP contribution < -0.4 is 15.4 Å². The highest BCUT2D eigenvalue weighted by Gasteiger charge is 2.07. The Morgan fingerprint density at radius 1 is 1.00 bits per heavy atom. The molecule has 2 N–H and O–H groups in total. The Kier molecular flexibility index (Phi) is 5.24. The predicted octanol–water partition coefficient (Wildman–Crippen LogP) is 2.94. The lowest BCUT2D eigenvalue weighted by atomic mass is 10.3. The second-order valence-electron chi connectivity index (χ2n) is 4.67. The molecule has 2 amide bonds. The van der Waals surface area contributed by atoms with Crippen molar-refractivity contribution in [1.29, 1.82) is 0 Å². The zero-order chi connectivity index (χ0) is 16.8. The van der Waals surface area contributed by atoms with Crippen LogP contribution in [0.2, 0.25) is 0 Å². The maximum absolute atomic E-state index is 13.0. The molecule has 2 rings (SSSR count). The van der Waals surface area contributed by atoms with Gasteiger partial charge < -0.3 is 15.4 Å². The minimum absolute atomic E-state index is 0.129. The van der Waals surface area contributed by atoms with E-state index in [-0.39, 0.29) is 18.2 Å². The van der Waals surface area contributed by atoms with Gasteiger partial charge in [0.25, 0.3) is 5.91 Å². The third-order valence-electron chi connectivity index (χ3n) is 2.73. The van der Waals surface area contributed by atoms with Gasteiger partial charge in [-0.2, -0.15) is 0 Å². The summed E-state index contributed by atoms with van der Waals surface area (Å²) in [6.45, 7) is 1.06. The van der Waals surface area contributed by atoms with Crippen LogP contribution >= 0.6 is 0 Å². The Morgan fingerprint density at radius 2 is 1.74 bits per heavy atom. The number of anilines is 2. The van der Waals surface area contributed by atoms with Gasteiger partial charge >= 0.3 is 0 Å². The molecule has 5 nitrogen and oxygen atoms in total. The highest BCUT2D eigenvalue weighted by molar-refractivity contribution is 5.92. The van der Waals surface area contributed by atoms with Crippen LogP contribution in [0.15, 0.2) is 42.5 Å². The molecule has 120 valence electrons. The summed E-state index contributed by atoms with van der Waals surface area (Å²) in [6, 6.07) is 9.56. The molecule has 0 spiro atoms. The summed E-state index contributed by atoms with van der Waals surface area (Å²) in [6.07, 6.45) is 0. The van der Waals surface area contributed by atoms with E-state index >= 15 is 0 Å². The van der Waals surface area contributed by atoms with Crippen LogP contribution in [0.3, 0.4) is 0 Å². The lowest BCUT2D eigenvalue weighted by Gasteiger charge is -2.09. The van der Waals surface area contributed by atoms with Crippen LogP contribution in [-0.4, -0.2) is 18.4 Å². The molecule has 2 aromatic rings. The number of carbonyl (C=O) groups excluding carboxylic acids is 2. The van der Waals surface area contributed by atoms with Crippen molar-refractivity contribution in [3.63, 3.8) is 0 Å². The zero-order valence-electron chi connectivity index (χ0n) is 12.2. The van der Waals surface area contributed by atoms with Gasteiger partial charge in [-0.1, -0.05) is 6.07 Å². The summed E-state index contributed by atoms with van der Waals surface area (Å²) in [7, 11) is 0. The van der Waals surface area contributed by atoms with Gasteiger partial charge in [0.05, 0.1) is 0 Å². The lowest BCUT2D eigenvalue weighted by Crippen LogP contribution is -2.20. The first kappa shape index (κ1) is 16.4. The minimum atomic E-state index is -1.05.